The van der Waals surface area contributed by atoms with Gasteiger partial charge in [-0.05, 0) is 42.5 Å². The predicted molar refractivity (Wildman–Crippen MR) is 126 cm³/mol. The Labute approximate surface area is 189 Å². The Balaban J connectivity index is 2.11. The van der Waals surface area contributed by atoms with Crippen LogP contribution in [0.5, 0.6) is 0 Å². The SMILES string of the molecule is CC[C@H](C(=O)NCC(C)C)N(Cc1cccc(C)c1)C(=O)CSCc1ccc(F)cc1. The molecule has 0 aromatic heterocycles. The fraction of sp³-hybridized carbons (Fsp3) is 0.440. The maximum Gasteiger partial charge on any atom is 0.242 e. The molecule has 168 valence electrons. The van der Waals surface area contributed by atoms with E-state index < -0.39 is 6.04 Å². The van der Waals surface area contributed by atoms with Gasteiger partial charge >= 0.3 is 0 Å². The molecule has 2 rings (SSSR count). The average Bonchev–Trinajstić information content (AvgIpc) is 2.73. The molecule has 2 amide bonds. The van der Waals surface area contributed by atoms with Crippen molar-refractivity contribution in [3.05, 3.63) is 71.0 Å². The van der Waals surface area contributed by atoms with Crippen LogP contribution in [0.4, 0.5) is 4.39 Å². The van der Waals surface area contributed by atoms with Gasteiger partial charge < -0.3 is 10.2 Å². The van der Waals surface area contributed by atoms with Crippen LogP contribution in [0.1, 0.15) is 43.9 Å². The molecule has 0 bridgehead atoms. The van der Waals surface area contributed by atoms with Crippen LogP contribution in [0.15, 0.2) is 48.5 Å². The standard InChI is InChI=1S/C25H33FN2O2S/c1-5-23(25(30)27-14-18(2)3)28(15-21-8-6-7-19(4)13-21)24(29)17-31-16-20-9-11-22(26)12-10-20/h6-13,18,23H,5,14-17H2,1-4H3,(H,27,30)/t23-/m1/s1. The molecule has 1 atom stereocenters. The zero-order valence-corrected chi connectivity index (χ0v) is 19.7. The maximum absolute atomic E-state index is 13.2. The number of carbonyl (C=O) groups is 2. The number of carbonyl (C=O) groups excluding carboxylic acids is 2. The number of thioether (sulfide) groups is 1. The first-order chi connectivity index (χ1) is 14.8. The summed E-state index contributed by atoms with van der Waals surface area (Å²) in [5.41, 5.74) is 3.09. The van der Waals surface area contributed by atoms with Crippen molar-refractivity contribution in [3.8, 4) is 0 Å². The Morgan fingerprint density at radius 2 is 1.81 bits per heavy atom. The predicted octanol–water partition coefficient (Wildman–Crippen LogP) is 4.95. The summed E-state index contributed by atoms with van der Waals surface area (Å²) in [7, 11) is 0. The van der Waals surface area contributed by atoms with Crippen molar-refractivity contribution in [1.82, 2.24) is 10.2 Å². The summed E-state index contributed by atoms with van der Waals surface area (Å²) in [5, 5.41) is 2.98. The molecule has 0 radical (unpaired) electrons. The third-order valence-corrected chi connectivity index (χ3v) is 5.90. The molecule has 2 aromatic rings. The number of rotatable bonds is 11. The number of benzene rings is 2. The van der Waals surface area contributed by atoms with Gasteiger partial charge in [0.25, 0.3) is 0 Å². The van der Waals surface area contributed by atoms with Crippen LogP contribution < -0.4 is 5.32 Å². The zero-order chi connectivity index (χ0) is 22.8. The van der Waals surface area contributed by atoms with Crippen molar-refractivity contribution < 1.29 is 14.0 Å². The lowest BCUT2D eigenvalue weighted by atomic mass is 10.1. The lowest BCUT2D eigenvalue weighted by Gasteiger charge is -2.31. The van der Waals surface area contributed by atoms with Crippen LogP contribution in [-0.4, -0.2) is 35.1 Å². The molecule has 0 fully saturated rings. The highest BCUT2D eigenvalue weighted by molar-refractivity contribution is 7.99. The molecular formula is C25H33FN2O2S. The number of nitrogens with one attached hydrogen (secondary N) is 1. The highest BCUT2D eigenvalue weighted by Gasteiger charge is 2.28. The lowest BCUT2D eigenvalue weighted by molar-refractivity contribution is -0.139. The molecule has 1 N–H and O–H groups in total. The van der Waals surface area contributed by atoms with Gasteiger partial charge in [-0.25, -0.2) is 4.39 Å². The van der Waals surface area contributed by atoms with Crippen molar-refractivity contribution in [1.29, 1.82) is 0 Å². The minimum Gasteiger partial charge on any atom is -0.354 e. The Morgan fingerprint density at radius 1 is 1.10 bits per heavy atom. The van der Waals surface area contributed by atoms with E-state index in [1.165, 1.54) is 23.9 Å². The summed E-state index contributed by atoms with van der Waals surface area (Å²) in [6.45, 7) is 9.01. The van der Waals surface area contributed by atoms with E-state index in [0.29, 0.717) is 31.2 Å². The molecule has 0 aliphatic heterocycles. The highest BCUT2D eigenvalue weighted by Crippen LogP contribution is 2.18. The second-order valence-corrected chi connectivity index (χ2v) is 9.18. The van der Waals surface area contributed by atoms with Crippen molar-refractivity contribution in [2.75, 3.05) is 12.3 Å². The van der Waals surface area contributed by atoms with Crippen LogP contribution in [0.3, 0.4) is 0 Å². The molecule has 0 saturated heterocycles. The molecule has 0 aliphatic carbocycles. The number of hydrogen-bond donors (Lipinski definition) is 1. The fourth-order valence-electron chi connectivity index (χ4n) is 3.27. The second-order valence-electron chi connectivity index (χ2n) is 8.19. The number of nitrogens with zero attached hydrogens (tertiary/aromatic N) is 1. The molecule has 0 aliphatic rings. The summed E-state index contributed by atoms with van der Waals surface area (Å²) in [6.07, 6.45) is 0.546. The Hall–Kier alpha value is -2.34. The number of amides is 2. The van der Waals surface area contributed by atoms with Crippen LogP contribution in [-0.2, 0) is 21.9 Å². The average molecular weight is 445 g/mol. The molecule has 0 heterocycles. The van der Waals surface area contributed by atoms with Crippen molar-refractivity contribution in [3.63, 3.8) is 0 Å². The molecule has 0 saturated carbocycles. The van der Waals surface area contributed by atoms with Gasteiger partial charge in [-0.2, -0.15) is 0 Å². The van der Waals surface area contributed by atoms with Crippen LogP contribution in [0, 0.1) is 18.7 Å². The Kier molecular flexibility index (Phi) is 10.0. The largest absolute Gasteiger partial charge is 0.354 e. The van der Waals surface area contributed by atoms with Crippen LogP contribution >= 0.6 is 11.8 Å². The topological polar surface area (TPSA) is 49.4 Å². The monoisotopic (exact) mass is 444 g/mol. The minimum atomic E-state index is -0.516. The van der Waals surface area contributed by atoms with Gasteiger partial charge in [-0.1, -0.05) is 62.7 Å². The van der Waals surface area contributed by atoms with Gasteiger partial charge in [-0.3, -0.25) is 9.59 Å². The van der Waals surface area contributed by atoms with E-state index in [2.05, 4.69) is 5.32 Å². The molecule has 31 heavy (non-hydrogen) atoms. The normalized spacial score (nSPS) is 11.9. The van der Waals surface area contributed by atoms with E-state index in [4.69, 9.17) is 0 Å². The maximum atomic E-state index is 13.2. The van der Waals surface area contributed by atoms with Crippen molar-refractivity contribution in [2.24, 2.45) is 5.92 Å². The van der Waals surface area contributed by atoms with Crippen molar-refractivity contribution in [2.45, 2.75) is 52.5 Å². The Morgan fingerprint density at radius 3 is 2.42 bits per heavy atom. The lowest BCUT2D eigenvalue weighted by Crippen LogP contribution is -2.50. The Bertz CT molecular complexity index is 855. The first kappa shape index (κ1) is 24.9. The minimum absolute atomic E-state index is 0.0693. The van der Waals surface area contributed by atoms with E-state index in [1.807, 2.05) is 52.0 Å². The van der Waals surface area contributed by atoms with Gasteiger partial charge in [0.1, 0.15) is 11.9 Å². The summed E-state index contributed by atoms with van der Waals surface area (Å²) in [5.74, 6) is 0.763. The van der Waals surface area contributed by atoms with Crippen molar-refractivity contribution >= 4 is 23.6 Å². The summed E-state index contributed by atoms with van der Waals surface area (Å²) < 4.78 is 13.1. The number of halogens is 1. The third-order valence-electron chi connectivity index (χ3n) is 4.91. The van der Waals surface area contributed by atoms with Crippen LogP contribution in [0.25, 0.3) is 0 Å². The van der Waals surface area contributed by atoms with Gasteiger partial charge in [0.05, 0.1) is 5.75 Å². The quantitative estimate of drug-likeness (QED) is 0.534. The highest BCUT2D eigenvalue weighted by atomic mass is 32.2. The van der Waals surface area contributed by atoms with Gasteiger partial charge in [0.2, 0.25) is 11.8 Å². The van der Waals surface area contributed by atoms with E-state index in [0.717, 1.165) is 16.7 Å². The summed E-state index contributed by atoms with van der Waals surface area (Å²) in [4.78, 5) is 27.7. The second kappa shape index (κ2) is 12.5. The molecule has 0 spiro atoms. The molecule has 4 nitrogen and oxygen atoms in total. The molecule has 6 heteroatoms. The summed E-state index contributed by atoms with van der Waals surface area (Å²) >= 11 is 1.47. The van der Waals surface area contributed by atoms with E-state index in [-0.39, 0.29) is 23.4 Å². The zero-order valence-electron chi connectivity index (χ0n) is 18.9. The molecular weight excluding hydrogens is 411 g/mol. The summed E-state index contributed by atoms with van der Waals surface area (Å²) in [6, 6.07) is 13.8. The number of aryl methyl sites for hydroxylation is 1. The first-order valence-electron chi connectivity index (χ1n) is 10.7. The third kappa shape index (κ3) is 8.37. The molecule has 0 unspecified atom stereocenters. The van der Waals surface area contributed by atoms with E-state index in [9.17, 15) is 14.0 Å². The van der Waals surface area contributed by atoms with Crippen LogP contribution in [0.2, 0.25) is 0 Å². The first-order valence-corrected chi connectivity index (χ1v) is 11.9. The van der Waals surface area contributed by atoms with Gasteiger partial charge in [0.15, 0.2) is 0 Å². The van der Waals surface area contributed by atoms with Gasteiger partial charge in [-0.15, -0.1) is 11.8 Å². The van der Waals surface area contributed by atoms with E-state index >= 15 is 0 Å². The number of hydrogen-bond acceptors (Lipinski definition) is 3. The molecule has 2 aromatic carbocycles. The smallest absolute Gasteiger partial charge is 0.242 e. The van der Waals surface area contributed by atoms with E-state index in [1.54, 1.807) is 17.0 Å². The van der Waals surface area contributed by atoms with Gasteiger partial charge in [0, 0.05) is 18.8 Å². The fourth-order valence-corrected chi connectivity index (χ4v) is 4.14.